The number of hydrogen-bond acceptors (Lipinski definition) is 4. The van der Waals surface area contributed by atoms with Gasteiger partial charge in [-0.25, -0.2) is 4.68 Å². The van der Waals surface area contributed by atoms with E-state index in [2.05, 4.69) is 0 Å². The average molecular weight is 477 g/mol. The third-order valence-corrected chi connectivity index (χ3v) is 5.74. The van der Waals surface area contributed by atoms with Crippen LogP contribution >= 0.6 is 23.2 Å². The molecule has 0 spiro atoms. The number of aromatic nitrogens is 2. The first-order chi connectivity index (χ1) is 16.1. The largest absolute Gasteiger partial charge is 0.486 e. The van der Waals surface area contributed by atoms with Gasteiger partial charge in [-0.1, -0.05) is 41.4 Å². The van der Waals surface area contributed by atoms with Gasteiger partial charge >= 0.3 is 0 Å². The first-order valence-electron chi connectivity index (χ1n) is 10.3. The van der Waals surface area contributed by atoms with E-state index in [-0.39, 0.29) is 5.78 Å². The summed E-state index contributed by atoms with van der Waals surface area (Å²) in [4.78, 5) is 12.8. The lowest BCUT2D eigenvalue weighted by atomic mass is 10.1. The molecule has 0 bridgehead atoms. The molecule has 4 aromatic rings. The summed E-state index contributed by atoms with van der Waals surface area (Å²) in [6.07, 6.45) is 5.11. The summed E-state index contributed by atoms with van der Waals surface area (Å²) in [6, 6.07) is 20.3. The van der Waals surface area contributed by atoms with Crippen LogP contribution in [0.3, 0.4) is 0 Å². The molecule has 5 nitrogen and oxygen atoms in total. The second kappa shape index (κ2) is 9.14. The lowest BCUT2D eigenvalue weighted by Gasteiger charge is -2.18. The molecule has 0 amide bonds. The molecule has 1 aliphatic heterocycles. The first kappa shape index (κ1) is 21.3. The third-order valence-electron chi connectivity index (χ3n) is 5.19. The van der Waals surface area contributed by atoms with Crippen LogP contribution in [0.4, 0.5) is 0 Å². The Morgan fingerprint density at radius 3 is 2.52 bits per heavy atom. The molecule has 0 fully saturated rings. The van der Waals surface area contributed by atoms with Crippen molar-refractivity contribution >= 4 is 35.1 Å². The molecule has 0 atom stereocenters. The summed E-state index contributed by atoms with van der Waals surface area (Å²) < 4.78 is 13.2. The predicted molar refractivity (Wildman–Crippen MR) is 130 cm³/mol. The monoisotopic (exact) mass is 476 g/mol. The number of hydrogen-bond donors (Lipinski definition) is 0. The van der Waals surface area contributed by atoms with Gasteiger partial charge in [0.2, 0.25) is 0 Å². The molecule has 1 aromatic heterocycles. The van der Waals surface area contributed by atoms with Gasteiger partial charge in [-0.3, -0.25) is 4.79 Å². The van der Waals surface area contributed by atoms with Crippen molar-refractivity contribution < 1.29 is 14.3 Å². The summed E-state index contributed by atoms with van der Waals surface area (Å²) in [5.74, 6) is 1.15. The number of para-hydroxylation sites is 1. The highest BCUT2D eigenvalue weighted by Gasteiger charge is 2.17. The van der Waals surface area contributed by atoms with Crippen LogP contribution in [-0.2, 0) is 0 Å². The number of benzene rings is 3. The summed E-state index contributed by atoms with van der Waals surface area (Å²) in [6.45, 7) is 1.02. The summed E-state index contributed by atoms with van der Waals surface area (Å²) in [7, 11) is 0. The van der Waals surface area contributed by atoms with E-state index in [1.54, 1.807) is 29.0 Å². The zero-order chi connectivity index (χ0) is 22.8. The van der Waals surface area contributed by atoms with Crippen molar-refractivity contribution in [2.24, 2.45) is 0 Å². The fraction of sp³-hybridized carbons (Fsp3) is 0.0769. The van der Waals surface area contributed by atoms with Crippen LogP contribution in [0.15, 0.2) is 79.0 Å². The predicted octanol–water partition coefficient (Wildman–Crippen LogP) is 6.51. The minimum absolute atomic E-state index is 0.225. The Morgan fingerprint density at radius 1 is 0.939 bits per heavy atom. The molecule has 33 heavy (non-hydrogen) atoms. The zero-order valence-corrected chi connectivity index (χ0v) is 18.9. The normalized spacial score (nSPS) is 12.8. The molecular formula is C26H18Cl2N2O3. The minimum Gasteiger partial charge on any atom is -0.486 e. The fourth-order valence-corrected chi connectivity index (χ4v) is 4.08. The smallest absolute Gasteiger partial charge is 0.187 e. The first-order valence-corrected chi connectivity index (χ1v) is 11.1. The lowest BCUT2D eigenvalue weighted by Crippen LogP contribution is -2.15. The maximum Gasteiger partial charge on any atom is 0.187 e. The van der Waals surface area contributed by atoms with Crippen LogP contribution in [0.25, 0.3) is 23.0 Å². The van der Waals surface area contributed by atoms with Crippen LogP contribution in [0.5, 0.6) is 11.5 Å². The molecule has 0 radical (unpaired) electrons. The van der Waals surface area contributed by atoms with E-state index >= 15 is 0 Å². The number of carbonyl (C=O) groups is 1. The Hall–Kier alpha value is -3.54. The Labute approximate surface area is 200 Å². The lowest BCUT2D eigenvalue weighted by molar-refractivity contribution is 0.104. The maximum atomic E-state index is 12.8. The van der Waals surface area contributed by atoms with Crippen molar-refractivity contribution in [3.05, 3.63) is 100 Å². The maximum absolute atomic E-state index is 12.8. The number of ketones is 1. The molecule has 5 rings (SSSR count). The number of nitrogens with zero attached hydrogens (tertiary/aromatic N) is 2. The van der Waals surface area contributed by atoms with E-state index in [1.165, 1.54) is 6.08 Å². The van der Waals surface area contributed by atoms with E-state index in [0.717, 1.165) is 16.8 Å². The summed E-state index contributed by atoms with van der Waals surface area (Å²) in [5.41, 5.74) is 3.62. The van der Waals surface area contributed by atoms with Crippen LogP contribution in [-0.4, -0.2) is 28.8 Å². The Kier molecular flexibility index (Phi) is 5.90. The highest BCUT2D eigenvalue weighted by atomic mass is 35.5. The second-order valence-corrected chi connectivity index (χ2v) is 8.24. The fourth-order valence-electron chi connectivity index (χ4n) is 3.58. The van der Waals surface area contributed by atoms with Crippen molar-refractivity contribution in [3.8, 4) is 28.4 Å². The quantitative estimate of drug-likeness (QED) is 0.243. The highest BCUT2D eigenvalue weighted by Crippen LogP contribution is 2.35. The highest BCUT2D eigenvalue weighted by molar-refractivity contribution is 6.37. The van der Waals surface area contributed by atoms with Crippen LogP contribution < -0.4 is 9.47 Å². The summed E-state index contributed by atoms with van der Waals surface area (Å²) in [5, 5.41) is 5.58. The van der Waals surface area contributed by atoms with Gasteiger partial charge in [-0.15, -0.1) is 0 Å². The molecule has 0 aliphatic carbocycles. The number of halogens is 2. The van der Waals surface area contributed by atoms with E-state index < -0.39 is 0 Å². The van der Waals surface area contributed by atoms with Crippen LogP contribution in [0.2, 0.25) is 10.0 Å². The number of fused-ring (bicyclic) bond motifs is 1. The molecule has 164 valence electrons. The number of ether oxygens (including phenoxy) is 2. The van der Waals surface area contributed by atoms with Crippen molar-refractivity contribution in [2.45, 2.75) is 0 Å². The van der Waals surface area contributed by atoms with Crippen molar-refractivity contribution in [3.63, 3.8) is 0 Å². The van der Waals surface area contributed by atoms with Crippen molar-refractivity contribution in [1.82, 2.24) is 9.78 Å². The Morgan fingerprint density at radius 2 is 1.73 bits per heavy atom. The SMILES string of the molecule is O=C(C=Cc1cn(-c2ccccc2)nc1-c1ccc2c(c1)OCCO2)c1ccc(Cl)cc1Cl. The summed E-state index contributed by atoms with van der Waals surface area (Å²) >= 11 is 12.2. The molecule has 0 N–H and O–H groups in total. The van der Waals surface area contributed by atoms with Crippen LogP contribution in [0.1, 0.15) is 15.9 Å². The molecule has 0 saturated carbocycles. The molecule has 0 saturated heterocycles. The Bertz CT molecular complexity index is 1360. The van der Waals surface area contributed by atoms with Gasteiger partial charge in [0.1, 0.15) is 18.9 Å². The van der Waals surface area contributed by atoms with Crippen LogP contribution in [0, 0.1) is 0 Å². The van der Waals surface area contributed by atoms with Crippen molar-refractivity contribution in [1.29, 1.82) is 0 Å². The van der Waals surface area contributed by atoms with Gasteiger partial charge < -0.3 is 9.47 Å². The average Bonchev–Trinajstić information content (AvgIpc) is 3.27. The van der Waals surface area contributed by atoms with Crippen molar-refractivity contribution in [2.75, 3.05) is 13.2 Å². The Balaban J connectivity index is 1.55. The van der Waals surface area contributed by atoms with E-state index in [4.69, 9.17) is 37.8 Å². The second-order valence-electron chi connectivity index (χ2n) is 7.39. The number of rotatable bonds is 5. The molecule has 2 heterocycles. The van der Waals surface area contributed by atoms with E-state index in [9.17, 15) is 4.79 Å². The minimum atomic E-state index is -0.225. The molecule has 1 aliphatic rings. The van der Waals surface area contributed by atoms with Gasteiger partial charge in [0.25, 0.3) is 0 Å². The zero-order valence-electron chi connectivity index (χ0n) is 17.4. The van der Waals surface area contributed by atoms with Gasteiger partial charge in [0.15, 0.2) is 17.3 Å². The van der Waals surface area contributed by atoms with Gasteiger partial charge in [0.05, 0.1) is 10.7 Å². The molecule has 0 unspecified atom stereocenters. The molecule has 7 heteroatoms. The number of allylic oxidation sites excluding steroid dienone is 1. The molecule has 3 aromatic carbocycles. The van der Waals surface area contributed by atoms with E-state index in [1.807, 2.05) is 54.7 Å². The topological polar surface area (TPSA) is 53.4 Å². The molecular weight excluding hydrogens is 459 g/mol. The third kappa shape index (κ3) is 4.51. The van der Waals surface area contributed by atoms with E-state index in [0.29, 0.717) is 46.0 Å². The van der Waals surface area contributed by atoms with Gasteiger partial charge in [-0.2, -0.15) is 5.10 Å². The van der Waals surface area contributed by atoms with Gasteiger partial charge in [-0.05, 0) is 60.7 Å². The van der Waals surface area contributed by atoms with Gasteiger partial charge in [0, 0.05) is 27.9 Å². The standard InChI is InChI=1S/C26H18Cl2N2O3/c27-19-8-9-21(22(28)15-19)23(31)10-6-18-16-30(20-4-2-1-3-5-20)29-26(18)17-7-11-24-25(14-17)33-13-12-32-24/h1-11,14-16H,12-13H2. The number of carbonyl (C=O) groups excluding carboxylic acids is 1.